The van der Waals surface area contributed by atoms with E-state index in [9.17, 15) is 18.0 Å². The Balaban J connectivity index is 1.01. The smallest absolute Gasteiger partial charge is 0.379 e. The topological polar surface area (TPSA) is 77.8 Å². The summed E-state index contributed by atoms with van der Waals surface area (Å²) in [5.41, 5.74) is 5.72. The number of piperazine rings is 1. The zero-order valence-corrected chi connectivity index (χ0v) is 24.8. The number of hydrogen-bond acceptors (Lipinski definition) is 6. The second-order valence-corrected chi connectivity index (χ2v) is 12.5. The van der Waals surface area contributed by atoms with E-state index in [0.29, 0.717) is 49.5 Å². The summed E-state index contributed by atoms with van der Waals surface area (Å²) in [7, 11) is 0. The van der Waals surface area contributed by atoms with Gasteiger partial charge in [0, 0.05) is 67.5 Å². The Labute approximate surface area is 258 Å². The molecule has 2 atom stereocenters. The lowest BCUT2D eigenvalue weighted by Gasteiger charge is -2.36. The summed E-state index contributed by atoms with van der Waals surface area (Å²) in [6.45, 7) is 1.34. The third kappa shape index (κ3) is 6.63. The first-order valence-corrected chi connectivity index (χ1v) is 15.4. The van der Waals surface area contributed by atoms with Gasteiger partial charge in [0.2, 0.25) is 5.91 Å². The van der Waals surface area contributed by atoms with Gasteiger partial charge in [-0.25, -0.2) is 9.97 Å². The minimum absolute atomic E-state index is 0.0572. The SMILES string of the molecule is O=C(Nc1cc(NCc2cn3cc(C4CC4)cc(N4CCN(CC(F)(F)F)CC4)c3n2)ccn1)[C@H]1CC1c1cccc(Cl)c1. The van der Waals surface area contributed by atoms with Crippen molar-refractivity contribution in [3.05, 3.63) is 82.9 Å². The molecule has 2 saturated carbocycles. The van der Waals surface area contributed by atoms with Crippen LogP contribution in [-0.4, -0.2) is 64.1 Å². The predicted molar refractivity (Wildman–Crippen MR) is 164 cm³/mol. The lowest BCUT2D eigenvalue weighted by molar-refractivity contribution is -0.146. The zero-order valence-electron chi connectivity index (χ0n) is 24.0. The number of alkyl halides is 3. The molecule has 8 nitrogen and oxygen atoms in total. The van der Waals surface area contributed by atoms with Gasteiger partial charge in [0.1, 0.15) is 5.82 Å². The molecule has 1 amide bonds. The van der Waals surface area contributed by atoms with Crippen LogP contribution in [0.1, 0.15) is 47.9 Å². The van der Waals surface area contributed by atoms with Gasteiger partial charge in [0.05, 0.1) is 24.5 Å². The molecule has 4 heterocycles. The number of aromatic nitrogens is 3. The van der Waals surface area contributed by atoms with Crippen molar-refractivity contribution < 1.29 is 18.0 Å². The van der Waals surface area contributed by atoms with Crippen LogP contribution in [0.5, 0.6) is 0 Å². The first-order valence-electron chi connectivity index (χ1n) is 15.0. The van der Waals surface area contributed by atoms with Crippen LogP contribution in [0, 0.1) is 5.92 Å². The number of amides is 1. The number of anilines is 3. The lowest BCUT2D eigenvalue weighted by Crippen LogP contribution is -2.49. The van der Waals surface area contributed by atoms with Gasteiger partial charge in [-0.3, -0.25) is 9.69 Å². The average Bonchev–Trinajstić information content (AvgIpc) is 3.92. The Hall–Kier alpha value is -3.83. The average molecular weight is 624 g/mol. The van der Waals surface area contributed by atoms with Crippen molar-refractivity contribution in [2.45, 2.75) is 43.8 Å². The van der Waals surface area contributed by atoms with Crippen LogP contribution in [0.15, 0.2) is 61.1 Å². The number of carbonyl (C=O) groups is 1. The molecule has 7 rings (SSSR count). The number of benzene rings is 1. The fourth-order valence-electron chi connectivity index (χ4n) is 6.12. The highest BCUT2D eigenvalue weighted by Gasteiger charge is 2.44. The van der Waals surface area contributed by atoms with Gasteiger partial charge in [-0.05, 0) is 66.5 Å². The van der Waals surface area contributed by atoms with Crippen LogP contribution in [0.3, 0.4) is 0 Å². The van der Waals surface area contributed by atoms with Gasteiger partial charge >= 0.3 is 6.18 Å². The summed E-state index contributed by atoms with van der Waals surface area (Å²) in [6, 6.07) is 13.5. The molecule has 2 N–H and O–H groups in total. The number of carbonyl (C=O) groups excluding carboxylic acids is 1. The maximum Gasteiger partial charge on any atom is 0.401 e. The molecule has 3 aliphatic rings. The number of imidazole rings is 1. The van der Waals surface area contributed by atoms with Crippen LogP contribution < -0.4 is 15.5 Å². The summed E-state index contributed by atoms with van der Waals surface area (Å²) in [5, 5.41) is 7.00. The summed E-state index contributed by atoms with van der Waals surface area (Å²) < 4.78 is 40.8. The van der Waals surface area contributed by atoms with Crippen molar-refractivity contribution in [3.8, 4) is 0 Å². The molecule has 3 fully saturated rings. The molecule has 230 valence electrons. The van der Waals surface area contributed by atoms with Crippen molar-refractivity contribution in [3.63, 3.8) is 0 Å². The number of nitrogens with one attached hydrogen (secondary N) is 2. The van der Waals surface area contributed by atoms with E-state index in [4.69, 9.17) is 16.6 Å². The van der Waals surface area contributed by atoms with Crippen LogP contribution in [0.2, 0.25) is 5.02 Å². The van der Waals surface area contributed by atoms with E-state index in [2.05, 4.69) is 32.8 Å². The molecule has 0 bridgehead atoms. The third-order valence-electron chi connectivity index (χ3n) is 8.66. The molecule has 4 aromatic rings. The third-order valence-corrected chi connectivity index (χ3v) is 8.89. The van der Waals surface area contributed by atoms with E-state index in [1.807, 2.05) is 47.0 Å². The van der Waals surface area contributed by atoms with Gasteiger partial charge in [-0.2, -0.15) is 13.2 Å². The van der Waals surface area contributed by atoms with E-state index in [1.165, 1.54) is 10.5 Å². The fourth-order valence-corrected chi connectivity index (χ4v) is 6.32. The van der Waals surface area contributed by atoms with Gasteiger partial charge in [-0.15, -0.1) is 0 Å². The number of halogens is 4. The minimum Gasteiger partial charge on any atom is -0.379 e. The van der Waals surface area contributed by atoms with Gasteiger partial charge in [0.15, 0.2) is 5.65 Å². The second kappa shape index (κ2) is 11.6. The molecule has 1 unspecified atom stereocenters. The second-order valence-electron chi connectivity index (χ2n) is 12.1. The van der Waals surface area contributed by atoms with Gasteiger partial charge in [-0.1, -0.05) is 23.7 Å². The first-order chi connectivity index (χ1) is 21.2. The molecule has 1 saturated heterocycles. The highest BCUT2D eigenvalue weighted by molar-refractivity contribution is 6.30. The van der Waals surface area contributed by atoms with E-state index < -0.39 is 12.7 Å². The fraction of sp³-hybridized carbons (Fsp3) is 0.406. The Morgan fingerprint density at radius 2 is 1.84 bits per heavy atom. The molecule has 12 heteroatoms. The van der Waals surface area contributed by atoms with Crippen molar-refractivity contribution in [2.24, 2.45) is 5.92 Å². The van der Waals surface area contributed by atoms with Gasteiger partial charge < -0.3 is 19.9 Å². The molecular formula is C32H33ClF3N7O. The maximum atomic E-state index is 12.9. The summed E-state index contributed by atoms with van der Waals surface area (Å²) in [4.78, 5) is 25.8. The Kier molecular flexibility index (Phi) is 7.62. The van der Waals surface area contributed by atoms with Crippen molar-refractivity contribution in [2.75, 3.05) is 48.3 Å². The van der Waals surface area contributed by atoms with Crippen molar-refractivity contribution in [1.29, 1.82) is 0 Å². The summed E-state index contributed by atoms with van der Waals surface area (Å²) in [6.07, 6.45) is 4.68. The monoisotopic (exact) mass is 623 g/mol. The van der Waals surface area contributed by atoms with E-state index in [-0.39, 0.29) is 17.7 Å². The Morgan fingerprint density at radius 1 is 1.02 bits per heavy atom. The predicted octanol–water partition coefficient (Wildman–Crippen LogP) is 6.30. The van der Waals surface area contributed by atoms with Crippen LogP contribution in [-0.2, 0) is 11.3 Å². The highest BCUT2D eigenvalue weighted by Crippen LogP contribution is 2.48. The zero-order chi connectivity index (χ0) is 30.4. The van der Waals surface area contributed by atoms with E-state index >= 15 is 0 Å². The van der Waals surface area contributed by atoms with Crippen molar-refractivity contribution in [1.82, 2.24) is 19.3 Å². The van der Waals surface area contributed by atoms with Gasteiger partial charge in [0.25, 0.3) is 0 Å². The molecule has 0 radical (unpaired) electrons. The molecule has 1 aromatic carbocycles. The minimum atomic E-state index is -4.19. The highest BCUT2D eigenvalue weighted by atomic mass is 35.5. The number of hydrogen-bond donors (Lipinski definition) is 2. The largest absolute Gasteiger partial charge is 0.401 e. The van der Waals surface area contributed by atoms with E-state index in [0.717, 1.165) is 47.5 Å². The van der Waals surface area contributed by atoms with Crippen LogP contribution in [0.25, 0.3) is 5.65 Å². The Bertz CT molecular complexity index is 1680. The quantitative estimate of drug-likeness (QED) is 0.228. The standard InChI is InChI=1S/C32H33ClF3N7O/c33-23-3-1-2-21(12-23)26-15-27(26)31(44)40-29-14-24(6-7-37-29)38-16-25-18-43-17-22(20-4-5-20)13-28(30(43)39-25)42-10-8-41(9-11-42)19-32(34,35)36/h1-3,6-7,12-14,17-18,20,26-27H,4-5,8-11,15-16,19H2,(H2,37,38,40,44)/t26?,27-/m0/s1. The normalized spacial score (nSPS) is 20.6. The Morgan fingerprint density at radius 3 is 2.59 bits per heavy atom. The molecular weight excluding hydrogens is 591 g/mol. The molecule has 0 spiro atoms. The molecule has 1 aliphatic heterocycles. The summed E-state index contributed by atoms with van der Waals surface area (Å²) >= 11 is 6.12. The van der Waals surface area contributed by atoms with E-state index in [1.54, 1.807) is 6.20 Å². The number of pyridine rings is 2. The number of fused-ring (bicyclic) bond motifs is 1. The lowest BCUT2D eigenvalue weighted by atomic mass is 10.1. The summed E-state index contributed by atoms with van der Waals surface area (Å²) in [5.74, 6) is 1.01. The first kappa shape index (κ1) is 28.9. The number of rotatable bonds is 9. The molecule has 3 aromatic heterocycles. The number of nitrogens with zero attached hydrogens (tertiary/aromatic N) is 5. The van der Waals surface area contributed by atoms with Crippen molar-refractivity contribution >= 4 is 40.3 Å². The van der Waals surface area contributed by atoms with Crippen LogP contribution in [0.4, 0.5) is 30.4 Å². The maximum absolute atomic E-state index is 12.9. The van der Waals surface area contributed by atoms with Crippen LogP contribution >= 0.6 is 11.6 Å². The molecule has 2 aliphatic carbocycles. The molecule has 44 heavy (non-hydrogen) atoms.